The fraction of sp³-hybridized carbons (Fsp3) is 0.125. The van der Waals surface area contributed by atoms with Gasteiger partial charge in [-0.2, -0.15) is 0 Å². The molecule has 0 aliphatic carbocycles. The normalized spacial score (nSPS) is 11.0. The SMILES string of the molecule is COc1cc(OC)cc(-c2ccccc2-c2cnc(-c3cccc(C(C)C)c3)cc2-c2ccc(-c3ccccc3)cc2)c1. The van der Waals surface area contributed by atoms with Crippen LogP contribution in [0.25, 0.3) is 55.8 Å². The van der Waals surface area contributed by atoms with E-state index in [0.29, 0.717) is 5.92 Å². The largest absolute Gasteiger partial charge is 0.497 e. The van der Waals surface area contributed by atoms with Gasteiger partial charge in [-0.05, 0) is 74.7 Å². The molecule has 0 aliphatic heterocycles. The zero-order chi connectivity index (χ0) is 29.8. The molecule has 0 fully saturated rings. The standard InChI is InChI=1S/C40H35NO2/c1-27(2)31-13-10-14-32(21-31)40-25-38(30-19-17-29(18-20-30)28-11-6-5-7-12-28)39(26-41-40)37-16-9-8-15-36(37)33-22-34(42-3)24-35(23-33)43-4/h5-27H,1-4H3. The number of hydrogen-bond donors (Lipinski definition) is 0. The maximum Gasteiger partial charge on any atom is 0.123 e. The molecule has 0 saturated heterocycles. The summed E-state index contributed by atoms with van der Waals surface area (Å²) in [6.45, 7) is 4.44. The molecule has 5 aromatic carbocycles. The first kappa shape index (κ1) is 28.0. The Kier molecular flexibility index (Phi) is 8.06. The van der Waals surface area contributed by atoms with Crippen molar-refractivity contribution in [1.82, 2.24) is 4.98 Å². The van der Waals surface area contributed by atoms with Crippen LogP contribution in [0.5, 0.6) is 11.5 Å². The Morgan fingerprint density at radius 2 is 1.07 bits per heavy atom. The van der Waals surface area contributed by atoms with Crippen LogP contribution in [0.1, 0.15) is 25.3 Å². The van der Waals surface area contributed by atoms with Gasteiger partial charge in [0.1, 0.15) is 11.5 Å². The first-order valence-electron chi connectivity index (χ1n) is 14.6. The summed E-state index contributed by atoms with van der Waals surface area (Å²) < 4.78 is 11.2. The molecular formula is C40H35NO2. The fourth-order valence-corrected chi connectivity index (χ4v) is 5.53. The highest BCUT2D eigenvalue weighted by Crippen LogP contribution is 2.41. The number of pyridine rings is 1. The second kappa shape index (κ2) is 12.4. The predicted molar refractivity (Wildman–Crippen MR) is 179 cm³/mol. The number of aromatic nitrogens is 1. The molecule has 0 unspecified atom stereocenters. The van der Waals surface area contributed by atoms with Crippen molar-refractivity contribution in [2.45, 2.75) is 19.8 Å². The lowest BCUT2D eigenvalue weighted by Crippen LogP contribution is -1.95. The van der Waals surface area contributed by atoms with Gasteiger partial charge in [-0.25, -0.2) is 0 Å². The maximum atomic E-state index is 5.60. The van der Waals surface area contributed by atoms with Crippen LogP contribution in [0, 0.1) is 0 Å². The smallest absolute Gasteiger partial charge is 0.123 e. The second-order valence-corrected chi connectivity index (χ2v) is 11.0. The lowest BCUT2D eigenvalue weighted by molar-refractivity contribution is 0.394. The van der Waals surface area contributed by atoms with Crippen LogP contribution in [0.4, 0.5) is 0 Å². The van der Waals surface area contributed by atoms with Crippen LogP contribution < -0.4 is 9.47 Å². The topological polar surface area (TPSA) is 31.4 Å². The zero-order valence-electron chi connectivity index (χ0n) is 25.0. The first-order chi connectivity index (χ1) is 21.0. The van der Waals surface area contributed by atoms with Gasteiger partial charge >= 0.3 is 0 Å². The van der Waals surface area contributed by atoms with E-state index in [1.807, 2.05) is 18.3 Å². The van der Waals surface area contributed by atoms with Crippen molar-refractivity contribution >= 4 is 0 Å². The van der Waals surface area contributed by atoms with Crippen LogP contribution in [-0.4, -0.2) is 19.2 Å². The van der Waals surface area contributed by atoms with Crippen molar-refractivity contribution in [2.24, 2.45) is 0 Å². The number of ether oxygens (including phenoxy) is 2. The van der Waals surface area contributed by atoms with E-state index >= 15 is 0 Å². The van der Waals surface area contributed by atoms with E-state index in [9.17, 15) is 0 Å². The third-order valence-corrected chi connectivity index (χ3v) is 7.94. The van der Waals surface area contributed by atoms with E-state index in [-0.39, 0.29) is 0 Å². The van der Waals surface area contributed by atoms with Gasteiger partial charge < -0.3 is 9.47 Å². The molecule has 0 bridgehead atoms. The van der Waals surface area contributed by atoms with Crippen LogP contribution >= 0.6 is 0 Å². The van der Waals surface area contributed by atoms with E-state index in [0.717, 1.165) is 56.1 Å². The van der Waals surface area contributed by atoms with Crippen molar-refractivity contribution in [2.75, 3.05) is 14.2 Å². The third-order valence-electron chi connectivity index (χ3n) is 7.94. The van der Waals surface area contributed by atoms with Gasteiger partial charge in [0.05, 0.1) is 19.9 Å². The van der Waals surface area contributed by atoms with E-state index in [1.165, 1.54) is 16.7 Å². The summed E-state index contributed by atoms with van der Waals surface area (Å²) in [6, 6.07) is 44.7. The Morgan fingerprint density at radius 3 is 1.74 bits per heavy atom. The highest BCUT2D eigenvalue weighted by molar-refractivity contribution is 5.93. The van der Waals surface area contributed by atoms with Crippen molar-refractivity contribution in [3.8, 4) is 67.3 Å². The highest BCUT2D eigenvalue weighted by atomic mass is 16.5. The molecule has 0 saturated carbocycles. The number of hydrogen-bond acceptors (Lipinski definition) is 3. The molecule has 0 amide bonds. The Labute approximate surface area is 254 Å². The molecule has 3 nitrogen and oxygen atoms in total. The Bertz CT molecular complexity index is 1830. The summed E-state index contributed by atoms with van der Waals surface area (Å²) in [4.78, 5) is 5.03. The second-order valence-electron chi connectivity index (χ2n) is 11.0. The molecule has 0 aliphatic rings. The van der Waals surface area contributed by atoms with Gasteiger partial charge in [0.25, 0.3) is 0 Å². The fourth-order valence-electron chi connectivity index (χ4n) is 5.53. The summed E-state index contributed by atoms with van der Waals surface area (Å²) in [7, 11) is 3.36. The molecule has 0 spiro atoms. The summed E-state index contributed by atoms with van der Waals surface area (Å²) in [5, 5.41) is 0. The molecule has 0 atom stereocenters. The lowest BCUT2D eigenvalue weighted by Gasteiger charge is -2.17. The summed E-state index contributed by atoms with van der Waals surface area (Å²) in [5.41, 5.74) is 12.3. The minimum atomic E-state index is 0.441. The zero-order valence-corrected chi connectivity index (χ0v) is 25.0. The van der Waals surface area contributed by atoms with E-state index in [2.05, 4.69) is 129 Å². The summed E-state index contributed by atoms with van der Waals surface area (Å²) in [6.07, 6.45) is 2.02. The minimum absolute atomic E-state index is 0.441. The third kappa shape index (κ3) is 5.93. The van der Waals surface area contributed by atoms with Crippen molar-refractivity contribution in [3.05, 3.63) is 139 Å². The van der Waals surface area contributed by atoms with Gasteiger partial charge in [-0.15, -0.1) is 0 Å². The van der Waals surface area contributed by atoms with Crippen LogP contribution in [0.2, 0.25) is 0 Å². The number of rotatable bonds is 8. The van der Waals surface area contributed by atoms with E-state index in [1.54, 1.807) is 14.2 Å². The maximum absolute atomic E-state index is 5.60. The molecule has 43 heavy (non-hydrogen) atoms. The van der Waals surface area contributed by atoms with Gasteiger partial charge in [-0.1, -0.05) is 111 Å². The van der Waals surface area contributed by atoms with Crippen LogP contribution in [0.3, 0.4) is 0 Å². The van der Waals surface area contributed by atoms with Gasteiger partial charge in [0.15, 0.2) is 0 Å². The number of benzene rings is 5. The molecule has 1 aromatic heterocycles. The van der Waals surface area contributed by atoms with Crippen molar-refractivity contribution < 1.29 is 9.47 Å². The quantitative estimate of drug-likeness (QED) is 0.185. The molecule has 6 aromatic rings. The van der Waals surface area contributed by atoms with Crippen LogP contribution in [0.15, 0.2) is 134 Å². The Morgan fingerprint density at radius 1 is 0.465 bits per heavy atom. The monoisotopic (exact) mass is 561 g/mol. The first-order valence-corrected chi connectivity index (χ1v) is 14.6. The molecule has 6 rings (SSSR count). The van der Waals surface area contributed by atoms with Gasteiger partial charge in [-0.3, -0.25) is 4.98 Å². The Balaban J connectivity index is 1.53. The van der Waals surface area contributed by atoms with E-state index < -0.39 is 0 Å². The molecular weight excluding hydrogens is 526 g/mol. The van der Waals surface area contributed by atoms with Crippen molar-refractivity contribution in [3.63, 3.8) is 0 Å². The average molecular weight is 562 g/mol. The molecule has 1 heterocycles. The molecule has 212 valence electrons. The van der Waals surface area contributed by atoms with Crippen molar-refractivity contribution in [1.29, 1.82) is 0 Å². The number of nitrogens with zero attached hydrogens (tertiary/aromatic N) is 1. The minimum Gasteiger partial charge on any atom is -0.497 e. The van der Waals surface area contributed by atoms with Crippen LogP contribution in [-0.2, 0) is 0 Å². The van der Waals surface area contributed by atoms with Gasteiger partial charge in [0, 0.05) is 23.4 Å². The highest BCUT2D eigenvalue weighted by Gasteiger charge is 2.17. The average Bonchev–Trinajstić information content (AvgIpc) is 3.08. The number of methoxy groups -OCH3 is 2. The molecule has 3 heteroatoms. The molecule has 0 N–H and O–H groups in total. The summed E-state index contributed by atoms with van der Waals surface area (Å²) >= 11 is 0. The molecule has 0 radical (unpaired) electrons. The Hall–Kier alpha value is -5.15. The lowest BCUT2D eigenvalue weighted by atomic mass is 9.89. The summed E-state index contributed by atoms with van der Waals surface area (Å²) in [5.74, 6) is 1.94. The van der Waals surface area contributed by atoms with E-state index in [4.69, 9.17) is 14.5 Å². The predicted octanol–water partition coefficient (Wildman–Crippen LogP) is 10.6. The van der Waals surface area contributed by atoms with Gasteiger partial charge in [0.2, 0.25) is 0 Å².